The Morgan fingerprint density at radius 2 is 1.90 bits per heavy atom. The van der Waals surface area contributed by atoms with Crippen molar-refractivity contribution in [1.82, 2.24) is 0 Å². The fourth-order valence-electron chi connectivity index (χ4n) is 3.42. The Labute approximate surface area is 123 Å². The van der Waals surface area contributed by atoms with E-state index in [1.165, 1.54) is 12.8 Å². The number of hydrogen-bond acceptors (Lipinski definition) is 4. The van der Waals surface area contributed by atoms with Gasteiger partial charge in [0.05, 0.1) is 17.1 Å². The van der Waals surface area contributed by atoms with Gasteiger partial charge in [-0.2, -0.15) is 5.26 Å². The first-order valence-corrected chi connectivity index (χ1v) is 7.64. The molecule has 1 N–H and O–H groups in total. The molecule has 1 atom stereocenters. The summed E-state index contributed by atoms with van der Waals surface area (Å²) in [6.07, 6.45) is 5.86. The average molecular weight is 283 g/mol. The number of nitrogens with zero attached hydrogens (tertiary/aromatic N) is 1. The van der Waals surface area contributed by atoms with E-state index in [2.05, 4.69) is 13.0 Å². The summed E-state index contributed by atoms with van der Waals surface area (Å²) in [4.78, 5) is 0. The second kappa shape index (κ2) is 7.40. The first-order valence-electron chi connectivity index (χ1n) is 7.64. The number of rotatable bonds is 7. The maximum absolute atomic E-state index is 10.9. The normalized spacial score (nSPS) is 29.9. The van der Waals surface area contributed by atoms with Gasteiger partial charge in [-0.05, 0) is 38.5 Å². The number of methoxy groups -OCH3 is 2. The highest BCUT2D eigenvalue weighted by Gasteiger charge is 2.50. The lowest BCUT2D eigenvalue weighted by molar-refractivity contribution is -0.167. The van der Waals surface area contributed by atoms with E-state index >= 15 is 0 Å². The SMILES string of the molecule is CCCC1CCC(C#N)(C(C)(O)CC(OC)OC)CC1. The molecule has 20 heavy (non-hydrogen) atoms. The number of aliphatic hydroxyl groups is 1. The van der Waals surface area contributed by atoms with Crippen LogP contribution in [0.2, 0.25) is 0 Å². The molecule has 1 saturated carbocycles. The predicted octanol–water partition coefficient (Wildman–Crippen LogP) is 3.25. The van der Waals surface area contributed by atoms with Crippen LogP contribution >= 0.6 is 0 Å². The predicted molar refractivity (Wildman–Crippen MR) is 78.0 cm³/mol. The van der Waals surface area contributed by atoms with Gasteiger partial charge in [-0.3, -0.25) is 0 Å². The van der Waals surface area contributed by atoms with Crippen LogP contribution < -0.4 is 0 Å². The number of ether oxygens (including phenoxy) is 2. The van der Waals surface area contributed by atoms with E-state index in [-0.39, 0.29) is 0 Å². The van der Waals surface area contributed by atoms with E-state index in [4.69, 9.17) is 9.47 Å². The molecule has 1 aliphatic rings. The molecular weight excluding hydrogens is 254 g/mol. The molecule has 0 spiro atoms. The van der Waals surface area contributed by atoms with Gasteiger partial charge in [0.1, 0.15) is 0 Å². The summed E-state index contributed by atoms with van der Waals surface area (Å²) >= 11 is 0. The van der Waals surface area contributed by atoms with Crippen molar-refractivity contribution in [2.75, 3.05) is 14.2 Å². The van der Waals surface area contributed by atoms with Crippen molar-refractivity contribution in [3.63, 3.8) is 0 Å². The molecule has 1 aliphatic carbocycles. The molecule has 4 nitrogen and oxygen atoms in total. The Bertz CT molecular complexity index is 323. The second-order valence-corrected chi connectivity index (χ2v) is 6.30. The van der Waals surface area contributed by atoms with Gasteiger partial charge in [0, 0.05) is 20.6 Å². The van der Waals surface area contributed by atoms with Gasteiger partial charge in [-0.15, -0.1) is 0 Å². The minimum absolute atomic E-state index is 0.325. The summed E-state index contributed by atoms with van der Waals surface area (Å²) in [7, 11) is 3.11. The van der Waals surface area contributed by atoms with Crippen LogP contribution in [0.15, 0.2) is 0 Å². The molecule has 0 radical (unpaired) electrons. The monoisotopic (exact) mass is 283 g/mol. The lowest BCUT2D eigenvalue weighted by Gasteiger charge is -2.45. The Kier molecular flexibility index (Phi) is 6.44. The molecule has 0 aliphatic heterocycles. The van der Waals surface area contributed by atoms with E-state index in [0.29, 0.717) is 12.3 Å². The molecular formula is C16H29NO3. The van der Waals surface area contributed by atoms with Crippen molar-refractivity contribution >= 4 is 0 Å². The van der Waals surface area contributed by atoms with E-state index in [0.717, 1.165) is 25.7 Å². The third kappa shape index (κ3) is 3.72. The van der Waals surface area contributed by atoms with Crippen molar-refractivity contribution in [3.05, 3.63) is 0 Å². The molecule has 1 fully saturated rings. The molecule has 0 aromatic heterocycles. The summed E-state index contributed by atoms with van der Waals surface area (Å²) in [6.45, 7) is 3.95. The van der Waals surface area contributed by atoms with Gasteiger partial charge in [-0.1, -0.05) is 19.8 Å². The first kappa shape index (κ1) is 17.4. The van der Waals surface area contributed by atoms with Gasteiger partial charge in [-0.25, -0.2) is 0 Å². The lowest BCUT2D eigenvalue weighted by atomic mass is 9.61. The summed E-state index contributed by atoms with van der Waals surface area (Å²) in [5, 5.41) is 20.5. The van der Waals surface area contributed by atoms with E-state index in [9.17, 15) is 10.4 Å². The largest absolute Gasteiger partial charge is 0.388 e. The molecule has 116 valence electrons. The van der Waals surface area contributed by atoms with Crippen molar-refractivity contribution in [1.29, 1.82) is 5.26 Å². The summed E-state index contributed by atoms with van der Waals surface area (Å²) < 4.78 is 10.4. The van der Waals surface area contributed by atoms with E-state index < -0.39 is 17.3 Å². The van der Waals surface area contributed by atoms with Gasteiger partial charge < -0.3 is 14.6 Å². The van der Waals surface area contributed by atoms with Crippen molar-refractivity contribution in [2.24, 2.45) is 11.3 Å². The molecule has 0 aromatic carbocycles. The van der Waals surface area contributed by atoms with Crippen LogP contribution in [0.3, 0.4) is 0 Å². The van der Waals surface area contributed by atoms with Crippen LogP contribution in [-0.4, -0.2) is 31.2 Å². The topological polar surface area (TPSA) is 62.5 Å². The zero-order valence-corrected chi connectivity index (χ0v) is 13.3. The van der Waals surface area contributed by atoms with Crippen LogP contribution in [0.5, 0.6) is 0 Å². The maximum atomic E-state index is 10.9. The highest BCUT2D eigenvalue weighted by atomic mass is 16.7. The minimum Gasteiger partial charge on any atom is -0.388 e. The Morgan fingerprint density at radius 3 is 2.30 bits per heavy atom. The summed E-state index contributed by atoms with van der Waals surface area (Å²) in [5.74, 6) is 0.706. The molecule has 0 saturated heterocycles. The quantitative estimate of drug-likeness (QED) is 0.729. The van der Waals surface area contributed by atoms with Gasteiger partial charge in [0.15, 0.2) is 6.29 Å². The third-order valence-corrected chi connectivity index (χ3v) is 4.99. The van der Waals surface area contributed by atoms with Crippen molar-refractivity contribution < 1.29 is 14.6 Å². The summed E-state index contributed by atoms with van der Waals surface area (Å²) in [6, 6.07) is 2.41. The van der Waals surface area contributed by atoms with Crippen LogP contribution in [0.1, 0.15) is 58.8 Å². The zero-order valence-electron chi connectivity index (χ0n) is 13.3. The molecule has 0 amide bonds. The molecule has 4 heteroatoms. The highest BCUT2D eigenvalue weighted by Crippen LogP contribution is 2.48. The highest BCUT2D eigenvalue weighted by molar-refractivity contribution is 5.11. The Hall–Kier alpha value is -0.630. The smallest absolute Gasteiger partial charge is 0.159 e. The summed E-state index contributed by atoms with van der Waals surface area (Å²) in [5.41, 5.74) is -1.76. The lowest BCUT2D eigenvalue weighted by Crippen LogP contribution is -2.49. The fraction of sp³-hybridized carbons (Fsp3) is 0.938. The standard InChI is InChI=1S/C16H29NO3/c1-5-6-13-7-9-16(12-17,10-8-13)15(2,18)11-14(19-3)20-4/h13-14,18H,5-11H2,1-4H3. The third-order valence-electron chi connectivity index (χ3n) is 4.99. The molecule has 0 heterocycles. The second-order valence-electron chi connectivity index (χ2n) is 6.30. The molecule has 1 rings (SSSR count). The van der Waals surface area contributed by atoms with Crippen LogP contribution in [0, 0.1) is 22.7 Å². The van der Waals surface area contributed by atoms with Crippen molar-refractivity contribution in [3.8, 4) is 6.07 Å². The fourth-order valence-corrected chi connectivity index (χ4v) is 3.42. The van der Waals surface area contributed by atoms with Crippen molar-refractivity contribution in [2.45, 2.75) is 70.7 Å². The molecule has 0 aromatic rings. The Morgan fingerprint density at radius 1 is 1.35 bits per heavy atom. The number of nitriles is 1. The average Bonchev–Trinajstić information content (AvgIpc) is 2.46. The zero-order chi connectivity index (χ0) is 15.2. The van der Waals surface area contributed by atoms with Gasteiger partial charge >= 0.3 is 0 Å². The van der Waals surface area contributed by atoms with Crippen LogP contribution in [0.25, 0.3) is 0 Å². The molecule has 1 unspecified atom stereocenters. The van der Waals surface area contributed by atoms with Gasteiger partial charge in [0.2, 0.25) is 0 Å². The minimum atomic E-state index is -1.09. The van der Waals surface area contributed by atoms with Crippen LogP contribution in [-0.2, 0) is 9.47 Å². The van der Waals surface area contributed by atoms with Gasteiger partial charge in [0.25, 0.3) is 0 Å². The van der Waals surface area contributed by atoms with E-state index in [1.807, 2.05) is 0 Å². The van der Waals surface area contributed by atoms with Crippen LogP contribution in [0.4, 0.5) is 0 Å². The maximum Gasteiger partial charge on any atom is 0.159 e. The molecule has 0 bridgehead atoms. The first-order chi connectivity index (χ1) is 9.44. The van der Waals surface area contributed by atoms with E-state index in [1.54, 1.807) is 21.1 Å². The Balaban J connectivity index is 2.76. The number of hydrogen-bond donors (Lipinski definition) is 1.